The maximum absolute atomic E-state index is 10.7. The summed E-state index contributed by atoms with van der Waals surface area (Å²) in [7, 11) is 0. The highest BCUT2D eigenvalue weighted by Crippen LogP contribution is 2.57. The first-order valence-electron chi connectivity index (χ1n) is 6.50. The van der Waals surface area contributed by atoms with Crippen LogP contribution in [0.1, 0.15) is 58.6 Å². The Kier molecular flexibility index (Phi) is 2.66. The molecule has 0 heterocycles. The Morgan fingerprint density at radius 3 is 1.71 bits per heavy atom. The first-order valence-corrected chi connectivity index (χ1v) is 6.50. The lowest BCUT2D eigenvalue weighted by molar-refractivity contribution is -0.0126. The highest BCUT2D eigenvalue weighted by molar-refractivity contribution is 5.32. The van der Waals surface area contributed by atoms with E-state index in [0.717, 1.165) is 18.4 Å². The summed E-state index contributed by atoms with van der Waals surface area (Å²) in [5.74, 6) is 0. The van der Waals surface area contributed by atoms with Crippen molar-refractivity contribution in [1.29, 1.82) is 0 Å². The van der Waals surface area contributed by atoms with E-state index in [1.807, 2.05) is 6.92 Å². The van der Waals surface area contributed by atoms with Gasteiger partial charge < -0.3 is 5.11 Å². The van der Waals surface area contributed by atoms with E-state index in [1.165, 1.54) is 5.56 Å². The maximum atomic E-state index is 10.7. The average Bonchev–Trinajstić information content (AvgIpc) is 2.97. The van der Waals surface area contributed by atoms with E-state index < -0.39 is 5.60 Å². The Labute approximate surface area is 105 Å². The molecule has 1 atom stereocenters. The van der Waals surface area contributed by atoms with Crippen molar-refractivity contribution in [3.8, 4) is 0 Å². The fourth-order valence-corrected chi connectivity index (χ4v) is 2.32. The zero-order valence-electron chi connectivity index (χ0n) is 11.7. The summed E-state index contributed by atoms with van der Waals surface area (Å²) in [5, 5.41) is 10.7. The lowest BCUT2D eigenvalue weighted by Gasteiger charge is -2.31. The van der Waals surface area contributed by atoms with Gasteiger partial charge in [-0.1, -0.05) is 52.0 Å². The van der Waals surface area contributed by atoms with Gasteiger partial charge in [-0.3, -0.25) is 0 Å². The van der Waals surface area contributed by atoms with E-state index in [2.05, 4.69) is 52.0 Å². The molecule has 0 aliphatic heterocycles. The molecule has 0 saturated heterocycles. The number of rotatable bonds is 2. The van der Waals surface area contributed by atoms with Crippen molar-refractivity contribution in [3.05, 3.63) is 35.4 Å². The van der Waals surface area contributed by atoms with Crippen molar-refractivity contribution in [2.75, 3.05) is 0 Å². The first-order chi connectivity index (χ1) is 7.67. The molecule has 1 unspecified atom stereocenters. The summed E-state index contributed by atoms with van der Waals surface area (Å²) < 4.78 is 0. The van der Waals surface area contributed by atoms with Crippen LogP contribution in [0.4, 0.5) is 0 Å². The van der Waals surface area contributed by atoms with Gasteiger partial charge >= 0.3 is 0 Å². The van der Waals surface area contributed by atoms with E-state index in [0.29, 0.717) is 0 Å². The molecule has 1 heteroatoms. The quantitative estimate of drug-likeness (QED) is 0.817. The molecule has 2 rings (SSSR count). The van der Waals surface area contributed by atoms with E-state index in [9.17, 15) is 5.11 Å². The fraction of sp³-hybridized carbons (Fsp3) is 0.625. The first kappa shape index (κ1) is 12.6. The van der Waals surface area contributed by atoms with E-state index >= 15 is 0 Å². The van der Waals surface area contributed by atoms with Crippen LogP contribution >= 0.6 is 0 Å². The summed E-state index contributed by atoms with van der Waals surface area (Å²) in [6.45, 7) is 10.8. The lowest BCUT2D eigenvalue weighted by Crippen LogP contribution is -2.31. The predicted octanol–water partition coefficient (Wildman–Crippen LogP) is 3.99. The van der Waals surface area contributed by atoms with Crippen LogP contribution in [-0.2, 0) is 11.0 Å². The molecule has 17 heavy (non-hydrogen) atoms. The minimum atomic E-state index is -0.691. The molecule has 0 spiro atoms. The Hall–Kier alpha value is -0.820. The molecule has 1 fully saturated rings. The van der Waals surface area contributed by atoms with Gasteiger partial charge in [0.1, 0.15) is 0 Å². The van der Waals surface area contributed by atoms with E-state index in [-0.39, 0.29) is 10.8 Å². The van der Waals surface area contributed by atoms with Gasteiger partial charge in [0.05, 0.1) is 5.60 Å². The largest absolute Gasteiger partial charge is 0.385 e. The normalized spacial score (nSPS) is 22.0. The SMILES string of the molecule is CC(C)(C)c1ccc(C(C)(O)C2(C)CC2)cc1. The smallest absolute Gasteiger partial charge is 0.0921 e. The molecule has 0 amide bonds. The lowest BCUT2D eigenvalue weighted by atomic mass is 9.79. The minimum Gasteiger partial charge on any atom is -0.385 e. The van der Waals surface area contributed by atoms with Gasteiger partial charge in [0, 0.05) is 5.41 Å². The molecule has 0 bridgehead atoms. The highest BCUT2D eigenvalue weighted by Gasteiger charge is 2.52. The number of hydrogen-bond donors (Lipinski definition) is 1. The van der Waals surface area contributed by atoms with Gasteiger partial charge in [-0.2, -0.15) is 0 Å². The summed E-state index contributed by atoms with van der Waals surface area (Å²) in [5.41, 5.74) is 1.93. The molecule has 1 aromatic rings. The van der Waals surface area contributed by atoms with Crippen LogP contribution in [0.5, 0.6) is 0 Å². The van der Waals surface area contributed by atoms with Gasteiger partial charge in [0.15, 0.2) is 0 Å². The number of hydrogen-bond acceptors (Lipinski definition) is 1. The molecular weight excluding hydrogens is 208 g/mol. The number of aliphatic hydroxyl groups is 1. The van der Waals surface area contributed by atoms with Gasteiger partial charge in [0.2, 0.25) is 0 Å². The van der Waals surface area contributed by atoms with E-state index in [4.69, 9.17) is 0 Å². The van der Waals surface area contributed by atoms with Gasteiger partial charge in [-0.05, 0) is 36.3 Å². The molecule has 1 aliphatic rings. The van der Waals surface area contributed by atoms with Gasteiger partial charge in [-0.25, -0.2) is 0 Å². The Morgan fingerprint density at radius 2 is 1.35 bits per heavy atom. The summed E-state index contributed by atoms with van der Waals surface area (Å²) in [6.07, 6.45) is 2.25. The van der Waals surface area contributed by atoms with Crippen molar-refractivity contribution in [2.24, 2.45) is 5.41 Å². The van der Waals surface area contributed by atoms with Crippen LogP contribution in [0.15, 0.2) is 24.3 Å². The molecule has 94 valence electrons. The van der Waals surface area contributed by atoms with Crippen LogP contribution in [0.25, 0.3) is 0 Å². The van der Waals surface area contributed by atoms with Crippen LogP contribution in [0.2, 0.25) is 0 Å². The second kappa shape index (κ2) is 3.58. The number of benzene rings is 1. The standard InChI is InChI=1S/C16H24O/c1-14(2,3)12-6-8-13(9-7-12)16(5,17)15(4)10-11-15/h6-9,17H,10-11H2,1-5H3. The van der Waals surface area contributed by atoms with Crippen molar-refractivity contribution in [3.63, 3.8) is 0 Å². The third kappa shape index (κ3) is 2.13. The zero-order chi connectivity index (χ0) is 12.9. The van der Waals surface area contributed by atoms with Gasteiger partial charge in [0.25, 0.3) is 0 Å². The zero-order valence-corrected chi connectivity index (χ0v) is 11.7. The Morgan fingerprint density at radius 1 is 0.941 bits per heavy atom. The minimum absolute atomic E-state index is 0.0796. The van der Waals surface area contributed by atoms with Gasteiger partial charge in [-0.15, -0.1) is 0 Å². The highest BCUT2D eigenvalue weighted by atomic mass is 16.3. The molecule has 1 aromatic carbocycles. The summed E-state index contributed by atoms with van der Waals surface area (Å²) >= 11 is 0. The molecule has 0 radical (unpaired) electrons. The third-order valence-corrected chi connectivity index (χ3v) is 4.49. The van der Waals surface area contributed by atoms with Crippen LogP contribution in [-0.4, -0.2) is 5.11 Å². The summed E-state index contributed by atoms with van der Waals surface area (Å²) in [6, 6.07) is 8.47. The van der Waals surface area contributed by atoms with Crippen LogP contribution in [0.3, 0.4) is 0 Å². The van der Waals surface area contributed by atoms with E-state index in [1.54, 1.807) is 0 Å². The Balaban J connectivity index is 2.30. The third-order valence-electron chi connectivity index (χ3n) is 4.49. The van der Waals surface area contributed by atoms with Crippen molar-refractivity contribution in [1.82, 2.24) is 0 Å². The summed E-state index contributed by atoms with van der Waals surface area (Å²) in [4.78, 5) is 0. The predicted molar refractivity (Wildman–Crippen MR) is 72.1 cm³/mol. The topological polar surface area (TPSA) is 20.2 Å². The van der Waals surface area contributed by atoms with Crippen LogP contribution in [0, 0.1) is 5.41 Å². The Bertz CT molecular complexity index is 402. The molecule has 1 aliphatic carbocycles. The second-order valence-electron chi connectivity index (χ2n) is 6.96. The molecule has 1 N–H and O–H groups in total. The molecule has 0 aromatic heterocycles. The maximum Gasteiger partial charge on any atom is 0.0921 e. The molecular formula is C16H24O. The monoisotopic (exact) mass is 232 g/mol. The molecule has 1 nitrogen and oxygen atoms in total. The second-order valence-corrected chi connectivity index (χ2v) is 6.96. The van der Waals surface area contributed by atoms with Crippen molar-refractivity contribution in [2.45, 2.75) is 58.5 Å². The van der Waals surface area contributed by atoms with Crippen molar-refractivity contribution >= 4 is 0 Å². The van der Waals surface area contributed by atoms with Crippen LogP contribution < -0.4 is 0 Å². The average molecular weight is 232 g/mol. The fourth-order valence-electron chi connectivity index (χ4n) is 2.32. The molecule has 1 saturated carbocycles. The van der Waals surface area contributed by atoms with Crippen molar-refractivity contribution < 1.29 is 5.11 Å².